The SMILES string of the molecule is COc1ccnc(N)c1C(F)F. The minimum absolute atomic E-state index is 0.0671. The van der Waals surface area contributed by atoms with Crippen LogP contribution in [0.2, 0.25) is 0 Å². The van der Waals surface area contributed by atoms with E-state index >= 15 is 0 Å². The average molecular weight is 174 g/mol. The van der Waals surface area contributed by atoms with Crippen molar-refractivity contribution in [3.63, 3.8) is 0 Å². The quantitative estimate of drug-likeness (QED) is 0.740. The molecule has 0 spiro atoms. The standard InChI is InChI=1S/C7H8F2N2O/c1-12-4-2-3-11-7(10)5(4)6(8)9/h2-3,6H,1H3,(H2,10,11). The van der Waals surface area contributed by atoms with Gasteiger partial charge in [-0.3, -0.25) is 0 Å². The number of aromatic nitrogens is 1. The number of alkyl halides is 2. The molecule has 0 aliphatic heterocycles. The Morgan fingerprint density at radius 3 is 2.67 bits per heavy atom. The van der Waals surface area contributed by atoms with Crippen LogP contribution in [-0.4, -0.2) is 12.1 Å². The number of halogens is 2. The highest BCUT2D eigenvalue weighted by molar-refractivity contribution is 5.48. The molecular formula is C7H8F2N2O. The first kappa shape index (κ1) is 8.70. The minimum atomic E-state index is -2.66. The predicted molar refractivity (Wildman–Crippen MR) is 40.2 cm³/mol. The van der Waals surface area contributed by atoms with Crippen LogP contribution in [0.25, 0.3) is 0 Å². The molecule has 0 saturated carbocycles. The summed E-state index contributed by atoms with van der Waals surface area (Å²) in [6, 6.07) is 1.35. The molecular weight excluding hydrogens is 166 g/mol. The number of nitrogens with two attached hydrogens (primary N) is 1. The molecule has 0 aromatic carbocycles. The van der Waals surface area contributed by atoms with Crippen molar-refractivity contribution in [1.82, 2.24) is 4.98 Å². The Morgan fingerprint density at radius 1 is 1.58 bits per heavy atom. The van der Waals surface area contributed by atoms with Gasteiger partial charge in [-0.15, -0.1) is 0 Å². The molecule has 0 aliphatic carbocycles. The largest absolute Gasteiger partial charge is 0.496 e. The summed E-state index contributed by atoms with van der Waals surface area (Å²) in [4.78, 5) is 3.53. The normalized spacial score (nSPS) is 10.3. The van der Waals surface area contributed by atoms with Gasteiger partial charge in [-0.2, -0.15) is 0 Å². The summed E-state index contributed by atoms with van der Waals surface area (Å²) in [5.74, 6) is -0.123. The number of anilines is 1. The van der Waals surface area contributed by atoms with E-state index in [1.165, 1.54) is 19.4 Å². The number of rotatable bonds is 2. The summed E-state index contributed by atoms with van der Waals surface area (Å²) in [5.41, 5.74) is 4.88. The van der Waals surface area contributed by atoms with E-state index in [0.29, 0.717) is 0 Å². The first-order valence-electron chi connectivity index (χ1n) is 3.23. The molecule has 5 heteroatoms. The number of ether oxygens (including phenoxy) is 1. The van der Waals surface area contributed by atoms with E-state index in [1.54, 1.807) is 0 Å². The number of hydrogen-bond acceptors (Lipinski definition) is 3. The van der Waals surface area contributed by atoms with E-state index < -0.39 is 6.43 Å². The molecule has 2 N–H and O–H groups in total. The zero-order valence-corrected chi connectivity index (χ0v) is 6.42. The van der Waals surface area contributed by atoms with Crippen molar-refractivity contribution in [2.45, 2.75) is 6.43 Å². The maximum Gasteiger partial charge on any atom is 0.270 e. The van der Waals surface area contributed by atoms with Crippen LogP contribution in [-0.2, 0) is 0 Å². The third-order valence-corrected chi connectivity index (χ3v) is 1.42. The zero-order chi connectivity index (χ0) is 9.14. The highest BCUT2D eigenvalue weighted by Gasteiger charge is 2.17. The summed E-state index contributed by atoms with van der Waals surface area (Å²) in [6.07, 6.45) is -1.34. The topological polar surface area (TPSA) is 48.1 Å². The minimum Gasteiger partial charge on any atom is -0.496 e. The summed E-state index contributed by atoms with van der Waals surface area (Å²) < 4.78 is 29.2. The predicted octanol–water partition coefficient (Wildman–Crippen LogP) is 1.61. The highest BCUT2D eigenvalue weighted by atomic mass is 19.3. The van der Waals surface area contributed by atoms with Crippen molar-refractivity contribution < 1.29 is 13.5 Å². The van der Waals surface area contributed by atoms with Crippen LogP contribution < -0.4 is 10.5 Å². The van der Waals surface area contributed by atoms with Gasteiger partial charge < -0.3 is 10.5 Å². The van der Waals surface area contributed by atoms with Crippen LogP contribution in [0.1, 0.15) is 12.0 Å². The van der Waals surface area contributed by atoms with Crippen molar-refractivity contribution in [3.05, 3.63) is 17.8 Å². The number of hydrogen-bond donors (Lipinski definition) is 1. The molecule has 0 atom stereocenters. The summed E-state index contributed by atoms with van der Waals surface area (Å²) >= 11 is 0. The Labute approximate surface area is 68.2 Å². The van der Waals surface area contributed by atoms with Crippen LogP contribution in [0.5, 0.6) is 5.75 Å². The van der Waals surface area contributed by atoms with Crippen molar-refractivity contribution in [2.24, 2.45) is 0 Å². The van der Waals surface area contributed by atoms with Gasteiger partial charge in [-0.1, -0.05) is 0 Å². The lowest BCUT2D eigenvalue weighted by Gasteiger charge is -2.08. The third-order valence-electron chi connectivity index (χ3n) is 1.42. The average Bonchev–Trinajstić information content (AvgIpc) is 2.03. The maximum absolute atomic E-state index is 12.3. The van der Waals surface area contributed by atoms with Crippen molar-refractivity contribution in [1.29, 1.82) is 0 Å². The van der Waals surface area contributed by atoms with Crippen molar-refractivity contribution in [2.75, 3.05) is 12.8 Å². The van der Waals surface area contributed by atoms with Gasteiger partial charge in [0.25, 0.3) is 6.43 Å². The molecule has 0 amide bonds. The molecule has 66 valence electrons. The van der Waals surface area contributed by atoms with E-state index in [9.17, 15) is 8.78 Å². The lowest BCUT2D eigenvalue weighted by atomic mass is 10.2. The van der Waals surface area contributed by atoms with Crippen LogP contribution >= 0.6 is 0 Å². The van der Waals surface area contributed by atoms with E-state index in [2.05, 4.69) is 9.72 Å². The Kier molecular flexibility index (Phi) is 2.42. The fraction of sp³-hybridized carbons (Fsp3) is 0.286. The second kappa shape index (κ2) is 3.34. The van der Waals surface area contributed by atoms with Crippen LogP contribution in [0.15, 0.2) is 12.3 Å². The molecule has 1 rings (SSSR count). The monoisotopic (exact) mass is 174 g/mol. The van der Waals surface area contributed by atoms with Gasteiger partial charge in [0, 0.05) is 6.20 Å². The lowest BCUT2D eigenvalue weighted by molar-refractivity contribution is 0.147. The van der Waals surface area contributed by atoms with E-state index in [1.807, 2.05) is 0 Å². The summed E-state index contributed by atoms with van der Waals surface area (Å²) in [5, 5.41) is 0. The Hall–Kier alpha value is -1.39. The van der Waals surface area contributed by atoms with Crippen molar-refractivity contribution >= 4 is 5.82 Å². The molecule has 0 radical (unpaired) electrons. The number of nitrogen functional groups attached to an aromatic ring is 1. The fourth-order valence-corrected chi connectivity index (χ4v) is 0.868. The van der Waals surface area contributed by atoms with Gasteiger partial charge in [-0.25, -0.2) is 13.8 Å². The number of pyridine rings is 1. The maximum atomic E-state index is 12.3. The lowest BCUT2D eigenvalue weighted by Crippen LogP contribution is -2.00. The molecule has 1 aromatic heterocycles. The zero-order valence-electron chi connectivity index (χ0n) is 6.42. The number of methoxy groups -OCH3 is 1. The Balaban J connectivity index is 3.20. The van der Waals surface area contributed by atoms with E-state index in [-0.39, 0.29) is 17.1 Å². The first-order valence-corrected chi connectivity index (χ1v) is 3.23. The summed E-state index contributed by atoms with van der Waals surface area (Å²) in [6.45, 7) is 0. The van der Waals surface area contributed by atoms with Crippen LogP contribution in [0.3, 0.4) is 0 Å². The molecule has 0 bridgehead atoms. The van der Waals surface area contributed by atoms with Crippen LogP contribution in [0.4, 0.5) is 14.6 Å². The van der Waals surface area contributed by atoms with Gasteiger partial charge in [0.05, 0.1) is 7.11 Å². The van der Waals surface area contributed by atoms with Gasteiger partial charge >= 0.3 is 0 Å². The molecule has 0 unspecified atom stereocenters. The van der Waals surface area contributed by atoms with Crippen molar-refractivity contribution in [3.8, 4) is 5.75 Å². The second-order valence-corrected chi connectivity index (χ2v) is 2.11. The van der Waals surface area contributed by atoms with Gasteiger partial charge in [0.15, 0.2) is 0 Å². The fourth-order valence-electron chi connectivity index (χ4n) is 0.868. The molecule has 0 fully saturated rings. The third kappa shape index (κ3) is 1.44. The van der Waals surface area contributed by atoms with E-state index in [4.69, 9.17) is 5.73 Å². The molecule has 1 heterocycles. The van der Waals surface area contributed by atoms with Gasteiger partial charge in [-0.05, 0) is 6.07 Å². The summed E-state index contributed by atoms with van der Waals surface area (Å²) in [7, 11) is 1.31. The molecule has 3 nitrogen and oxygen atoms in total. The molecule has 0 aliphatic rings. The Bertz CT molecular complexity index is 278. The van der Waals surface area contributed by atoms with Crippen LogP contribution in [0, 0.1) is 0 Å². The highest BCUT2D eigenvalue weighted by Crippen LogP contribution is 2.31. The number of nitrogens with zero attached hydrogens (tertiary/aromatic N) is 1. The smallest absolute Gasteiger partial charge is 0.270 e. The second-order valence-electron chi connectivity index (χ2n) is 2.11. The molecule has 12 heavy (non-hydrogen) atoms. The molecule has 0 saturated heterocycles. The van der Waals surface area contributed by atoms with E-state index in [0.717, 1.165) is 0 Å². The molecule has 1 aromatic rings. The van der Waals surface area contributed by atoms with Gasteiger partial charge in [0.1, 0.15) is 17.1 Å². The van der Waals surface area contributed by atoms with Gasteiger partial charge in [0.2, 0.25) is 0 Å². The first-order chi connectivity index (χ1) is 5.66. The Morgan fingerprint density at radius 2 is 2.25 bits per heavy atom.